The van der Waals surface area contributed by atoms with Crippen molar-refractivity contribution in [3.8, 4) is 5.75 Å². The van der Waals surface area contributed by atoms with Crippen LogP contribution in [0.2, 0.25) is 0 Å². The normalized spacial score (nSPS) is 10.2. The molecule has 0 spiro atoms. The van der Waals surface area contributed by atoms with Gasteiger partial charge in [0.25, 0.3) is 0 Å². The number of hydrogen-bond donors (Lipinski definition) is 1. The van der Waals surface area contributed by atoms with E-state index in [9.17, 15) is 4.79 Å². The van der Waals surface area contributed by atoms with Gasteiger partial charge in [0, 0.05) is 18.0 Å². The van der Waals surface area contributed by atoms with Crippen LogP contribution in [0.3, 0.4) is 0 Å². The number of amides is 1. The molecule has 0 saturated heterocycles. The molecule has 0 heterocycles. The second kappa shape index (κ2) is 5.92. The van der Waals surface area contributed by atoms with E-state index in [-0.39, 0.29) is 5.91 Å². The number of nitrogens with one attached hydrogen (secondary N) is 1. The number of carbonyl (C=O) groups excluding carboxylic acids is 1. The molecule has 1 amide bonds. The largest absolute Gasteiger partial charge is 0.496 e. The van der Waals surface area contributed by atoms with E-state index in [1.54, 1.807) is 7.11 Å². The van der Waals surface area contributed by atoms with Crippen LogP contribution in [0.5, 0.6) is 5.75 Å². The van der Waals surface area contributed by atoms with Crippen LogP contribution in [0.4, 0.5) is 5.69 Å². The van der Waals surface area contributed by atoms with Crippen LogP contribution in [0.15, 0.2) is 6.07 Å². The second-order valence-electron chi connectivity index (χ2n) is 4.01. The van der Waals surface area contributed by atoms with E-state index >= 15 is 0 Å². The molecule has 1 aromatic rings. The van der Waals surface area contributed by atoms with Crippen molar-refractivity contribution in [3.63, 3.8) is 0 Å². The van der Waals surface area contributed by atoms with Crippen molar-refractivity contribution in [3.05, 3.63) is 22.8 Å². The molecule has 1 N–H and O–H groups in total. The van der Waals surface area contributed by atoms with Gasteiger partial charge in [0.2, 0.25) is 5.91 Å². The number of carbonyl (C=O) groups is 1. The Hall–Kier alpha value is -1.22. The number of methoxy groups -OCH3 is 1. The molecule has 0 radical (unpaired) electrons. The number of rotatable bonds is 4. The predicted octanol–water partition coefficient (Wildman–Crippen LogP) is 3.19. The van der Waals surface area contributed by atoms with Crippen LogP contribution in [-0.4, -0.2) is 18.9 Å². The topological polar surface area (TPSA) is 38.3 Å². The fourth-order valence-corrected chi connectivity index (χ4v) is 1.91. The zero-order chi connectivity index (χ0) is 13.0. The molecule has 0 aliphatic carbocycles. The summed E-state index contributed by atoms with van der Waals surface area (Å²) in [6, 6.07) is 1.93. The van der Waals surface area contributed by atoms with E-state index in [0.29, 0.717) is 12.3 Å². The summed E-state index contributed by atoms with van der Waals surface area (Å²) in [5.41, 5.74) is 3.93. The van der Waals surface area contributed by atoms with Crippen LogP contribution in [0.1, 0.15) is 23.1 Å². The molecular formula is C13H18ClNO2. The molecule has 0 bridgehead atoms. The highest BCUT2D eigenvalue weighted by Crippen LogP contribution is 2.31. The Morgan fingerprint density at radius 3 is 2.53 bits per heavy atom. The molecule has 94 valence electrons. The number of alkyl halides is 1. The molecule has 0 saturated carbocycles. The standard InChI is InChI=1S/C13H18ClNO2/c1-8-7-11(17-4)9(2)10(3)13(8)15-12(16)5-6-14/h7H,5-6H2,1-4H3,(H,15,16). The van der Waals surface area contributed by atoms with Crippen LogP contribution >= 0.6 is 11.6 Å². The van der Waals surface area contributed by atoms with Crippen molar-refractivity contribution < 1.29 is 9.53 Å². The number of ether oxygens (including phenoxy) is 1. The highest BCUT2D eigenvalue weighted by atomic mass is 35.5. The number of hydrogen-bond acceptors (Lipinski definition) is 2. The summed E-state index contributed by atoms with van der Waals surface area (Å²) in [6.45, 7) is 5.90. The number of halogens is 1. The van der Waals surface area contributed by atoms with E-state index in [4.69, 9.17) is 16.3 Å². The van der Waals surface area contributed by atoms with Crippen LogP contribution in [-0.2, 0) is 4.79 Å². The van der Waals surface area contributed by atoms with E-state index in [1.165, 1.54) is 0 Å². The first-order chi connectivity index (χ1) is 8.01. The molecule has 3 nitrogen and oxygen atoms in total. The fourth-order valence-electron chi connectivity index (χ4n) is 1.74. The Bertz CT molecular complexity index is 430. The summed E-state index contributed by atoms with van der Waals surface area (Å²) in [6.07, 6.45) is 0.325. The third-order valence-corrected chi connectivity index (χ3v) is 3.04. The van der Waals surface area contributed by atoms with Crippen molar-refractivity contribution in [1.82, 2.24) is 0 Å². The van der Waals surface area contributed by atoms with Gasteiger partial charge in [-0.25, -0.2) is 0 Å². The lowest BCUT2D eigenvalue weighted by Crippen LogP contribution is -2.14. The van der Waals surface area contributed by atoms with Crippen molar-refractivity contribution in [2.75, 3.05) is 18.3 Å². The van der Waals surface area contributed by atoms with Crippen molar-refractivity contribution in [2.24, 2.45) is 0 Å². The molecule has 0 atom stereocenters. The number of benzene rings is 1. The monoisotopic (exact) mass is 255 g/mol. The number of aryl methyl sites for hydroxylation is 1. The van der Waals surface area contributed by atoms with Gasteiger partial charge in [0.1, 0.15) is 5.75 Å². The van der Waals surface area contributed by atoms with Gasteiger partial charge in [-0.2, -0.15) is 0 Å². The Kier molecular flexibility index (Phi) is 4.82. The van der Waals surface area contributed by atoms with Crippen LogP contribution in [0.25, 0.3) is 0 Å². The van der Waals surface area contributed by atoms with E-state index in [0.717, 1.165) is 28.1 Å². The van der Waals surface area contributed by atoms with E-state index in [2.05, 4.69) is 5.32 Å². The van der Waals surface area contributed by atoms with Gasteiger partial charge in [0.15, 0.2) is 0 Å². The Balaban J connectivity index is 3.08. The molecular weight excluding hydrogens is 238 g/mol. The maximum absolute atomic E-state index is 11.6. The molecule has 17 heavy (non-hydrogen) atoms. The van der Waals surface area contributed by atoms with Gasteiger partial charge in [-0.3, -0.25) is 4.79 Å². The first-order valence-corrected chi connectivity index (χ1v) is 6.05. The minimum absolute atomic E-state index is 0.0595. The maximum Gasteiger partial charge on any atom is 0.225 e. The highest BCUT2D eigenvalue weighted by molar-refractivity contribution is 6.19. The molecule has 1 rings (SSSR count). The quantitative estimate of drug-likeness (QED) is 0.840. The summed E-state index contributed by atoms with van der Waals surface area (Å²) < 4.78 is 5.28. The average Bonchev–Trinajstić information content (AvgIpc) is 2.29. The van der Waals surface area contributed by atoms with Gasteiger partial charge in [0.05, 0.1) is 7.11 Å². The van der Waals surface area contributed by atoms with Gasteiger partial charge in [-0.05, 0) is 43.5 Å². The lowest BCUT2D eigenvalue weighted by Gasteiger charge is -2.16. The van der Waals surface area contributed by atoms with Crippen molar-refractivity contribution in [1.29, 1.82) is 0 Å². The second-order valence-corrected chi connectivity index (χ2v) is 4.39. The van der Waals surface area contributed by atoms with Gasteiger partial charge < -0.3 is 10.1 Å². The van der Waals surface area contributed by atoms with Crippen LogP contribution in [0, 0.1) is 20.8 Å². The molecule has 4 heteroatoms. The maximum atomic E-state index is 11.6. The first-order valence-electron chi connectivity index (χ1n) is 5.51. The Morgan fingerprint density at radius 2 is 2.00 bits per heavy atom. The lowest BCUT2D eigenvalue weighted by molar-refractivity contribution is -0.115. The first kappa shape index (κ1) is 13.8. The van der Waals surface area contributed by atoms with Crippen molar-refractivity contribution >= 4 is 23.2 Å². The van der Waals surface area contributed by atoms with Crippen LogP contribution < -0.4 is 10.1 Å². The highest BCUT2D eigenvalue weighted by Gasteiger charge is 2.12. The zero-order valence-electron chi connectivity index (χ0n) is 10.7. The van der Waals surface area contributed by atoms with Crippen molar-refractivity contribution in [2.45, 2.75) is 27.2 Å². The summed E-state index contributed by atoms with van der Waals surface area (Å²) in [5, 5.41) is 2.89. The average molecular weight is 256 g/mol. The minimum Gasteiger partial charge on any atom is -0.496 e. The Labute approximate surface area is 107 Å². The predicted molar refractivity (Wildman–Crippen MR) is 71.2 cm³/mol. The Morgan fingerprint density at radius 1 is 1.35 bits per heavy atom. The summed E-state index contributed by atoms with van der Waals surface area (Å²) in [4.78, 5) is 11.6. The zero-order valence-corrected chi connectivity index (χ0v) is 11.4. The smallest absolute Gasteiger partial charge is 0.225 e. The fraction of sp³-hybridized carbons (Fsp3) is 0.462. The van der Waals surface area contributed by atoms with Gasteiger partial charge in [-0.1, -0.05) is 0 Å². The molecule has 0 aliphatic rings. The third kappa shape index (κ3) is 3.13. The van der Waals surface area contributed by atoms with Gasteiger partial charge >= 0.3 is 0 Å². The summed E-state index contributed by atoms with van der Waals surface area (Å²) in [5.74, 6) is 1.12. The summed E-state index contributed by atoms with van der Waals surface area (Å²) >= 11 is 5.54. The minimum atomic E-state index is -0.0595. The molecule has 0 aliphatic heterocycles. The molecule has 0 aromatic heterocycles. The SMILES string of the molecule is COc1cc(C)c(NC(=O)CCCl)c(C)c1C. The summed E-state index contributed by atoms with van der Waals surface area (Å²) in [7, 11) is 1.65. The third-order valence-electron chi connectivity index (χ3n) is 2.85. The molecule has 0 fully saturated rings. The van der Waals surface area contributed by atoms with E-state index < -0.39 is 0 Å². The lowest BCUT2D eigenvalue weighted by atomic mass is 10.0. The number of anilines is 1. The molecule has 1 aromatic carbocycles. The molecule has 0 unspecified atom stereocenters. The van der Waals surface area contributed by atoms with E-state index in [1.807, 2.05) is 26.8 Å². The van der Waals surface area contributed by atoms with Gasteiger partial charge in [-0.15, -0.1) is 11.6 Å².